The van der Waals surface area contributed by atoms with E-state index < -0.39 is 18.2 Å². The summed E-state index contributed by atoms with van der Waals surface area (Å²) >= 11 is 0. The van der Waals surface area contributed by atoms with E-state index in [1.54, 1.807) is 38.1 Å². The van der Waals surface area contributed by atoms with Crippen molar-refractivity contribution in [2.45, 2.75) is 39.5 Å². The van der Waals surface area contributed by atoms with E-state index in [2.05, 4.69) is 4.74 Å². The van der Waals surface area contributed by atoms with E-state index in [0.29, 0.717) is 18.6 Å². The molecule has 0 bridgehead atoms. The van der Waals surface area contributed by atoms with Crippen LogP contribution in [-0.2, 0) is 16.0 Å². The molecule has 0 aliphatic rings. The van der Waals surface area contributed by atoms with Crippen LogP contribution >= 0.6 is 0 Å². The largest absolute Gasteiger partial charge is 0.481 e. The third-order valence-electron chi connectivity index (χ3n) is 3.89. The molecule has 0 unspecified atom stereocenters. The highest BCUT2D eigenvalue weighted by Crippen LogP contribution is 2.31. The fraction of sp³-hybridized carbons (Fsp3) is 0.500. The first-order valence-electron chi connectivity index (χ1n) is 7.00. The van der Waals surface area contributed by atoms with Crippen molar-refractivity contribution in [3.8, 4) is 5.75 Å². The molecule has 0 fully saturated rings. The zero-order valence-corrected chi connectivity index (χ0v) is 12.4. The van der Waals surface area contributed by atoms with Crippen molar-refractivity contribution in [2.75, 3.05) is 6.86 Å². The van der Waals surface area contributed by atoms with E-state index in [1.165, 1.54) is 0 Å². The van der Waals surface area contributed by atoms with Crippen LogP contribution in [0.2, 0.25) is 0 Å². The monoisotopic (exact) mass is 296 g/mol. The summed E-state index contributed by atoms with van der Waals surface area (Å²) < 4.78 is 16.7. The molecule has 0 radical (unpaired) electrons. The summed E-state index contributed by atoms with van der Waals surface area (Å²) in [5.41, 5.74) is -0.216. The van der Waals surface area contributed by atoms with Crippen molar-refractivity contribution in [1.82, 2.24) is 0 Å². The predicted molar refractivity (Wildman–Crippen MR) is 77.0 cm³/mol. The quantitative estimate of drug-likeness (QED) is 0.758. The molecule has 0 amide bonds. The molecule has 21 heavy (non-hydrogen) atoms. The number of rotatable bonds is 9. The number of carbonyl (C=O) groups excluding carboxylic acids is 1. The number of alkyl halides is 1. The summed E-state index contributed by atoms with van der Waals surface area (Å²) in [6, 6.07) is 6.55. The van der Waals surface area contributed by atoms with Gasteiger partial charge in [0.05, 0.1) is 5.41 Å². The first-order valence-corrected chi connectivity index (χ1v) is 7.00. The van der Waals surface area contributed by atoms with Crippen LogP contribution in [0.25, 0.3) is 0 Å². The van der Waals surface area contributed by atoms with Crippen molar-refractivity contribution in [3.05, 3.63) is 29.8 Å². The zero-order chi connectivity index (χ0) is 15.9. The van der Waals surface area contributed by atoms with Crippen LogP contribution in [0.4, 0.5) is 4.39 Å². The molecule has 4 nitrogen and oxygen atoms in total. The van der Waals surface area contributed by atoms with Gasteiger partial charge in [-0.05, 0) is 30.5 Å². The van der Waals surface area contributed by atoms with Crippen molar-refractivity contribution in [2.24, 2.45) is 5.41 Å². The van der Waals surface area contributed by atoms with E-state index in [9.17, 15) is 19.1 Å². The number of carboxylic acid groups (broad SMARTS) is 1. The number of benzene rings is 1. The lowest BCUT2D eigenvalue weighted by atomic mass is 9.77. The molecule has 0 saturated carbocycles. The molecule has 5 heteroatoms. The Bertz CT molecular complexity index is 478. The van der Waals surface area contributed by atoms with Gasteiger partial charge < -0.3 is 9.84 Å². The number of carbonyl (C=O) groups is 2. The Morgan fingerprint density at radius 1 is 1.19 bits per heavy atom. The minimum absolute atomic E-state index is 0.0259. The van der Waals surface area contributed by atoms with Gasteiger partial charge in [0, 0.05) is 12.8 Å². The molecule has 116 valence electrons. The third-order valence-corrected chi connectivity index (χ3v) is 3.89. The van der Waals surface area contributed by atoms with E-state index in [0.717, 1.165) is 5.56 Å². The minimum Gasteiger partial charge on any atom is -0.481 e. The highest BCUT2D eigenvalue weighted by Gasteiger charge is 2.36. The Morgan fingerprint density at radius 2 is 1.76 bits per heavy atom. The van der Waals surface area contributed by atoms with Gasteiger partial charge in [-0.2, -0.15) is 0 Å². The number of ether oxygens (including phenoxy) is 1. The maximum Gasteiger partial charge on any atom is 0.310 e. The fourth-order valence-electron chi connectivity index (χ4n) is 2.31. The summed E-state index contributed by atoms with van der Waals surface area (Å²) in [5, 5.41) is 9.33. The second-order valence-electron chi connectivity index (χ2n) is 5.08. The smallest absolute Gasteiger partial charge is 0.310 e. The van der Waals surface area contributed by atoms with Crippen molar-refractivity contribution in [1.29, 1.82) is 0 Å². The van der Waals surface area contributed by atoms with E-state index >= 15 is 0 Å². The first kappa shape index (κ1) is 17.1. The van der Waals surface area contributed by atoms with Gasteiger partial charge in [0.1, 0.15) is 11.5 Å². The lowest BCUT2D eigenvalue weighted by Gasteiger charge is -2.25. The highest BCUT2D eigenvalue weighted by molar-refractivity contribution is 5.87. The molecule has 0 spiro atoms. The van der Waals surface area contributed by atoms with Crippen molar-refractivity contribution >= 4 is 11.8 Å². The van der Waals surface area contributed by atoms with Crippen LogP contribution in [0.5, 0.6) is 5.75 Å². The van der Waals surface area contributed by atoms with Gasteiger partial charge in [0.25, 0.3) is 0 Å². The Kier molecular flexibility index (Phi) is 6.34. The highest BCUT2D eigenvalue weighted by atomic mass is 19.1. The summed E-state index contributed by atoms with van der Waals surface area (Å²) in [4.78, 5) is 23.5. The normalized spacial score (nSPS) is 11.2. The molecule has 0 aromatic heterocycles. The SMILES string of the molecule is CCC(CC)(CC(=O)Cc1ccc(OCF)cc1)C(=O)O. The average molecular weight is 296 g/mol. The summed E-state index contributed by atoms with van der Waals surface area (Å²) in [7, 11) is 0. The second kappa shape index (κ2) is 7.76. The van der Waals surface area contributed by atoms with E-state index in [1.807, 2.05) is 0 Å². The standard InChI is InChI=1S/C16H21FO4/c1-3-16(4-2,15(19)20)10-13(18)9-12-5-7-14(8-6-12)21-11-17/h5-8H,3-4,9-11H2,1-2H3,(H,19,20). The van der Waals surface area contributed by atoms with Gasteiger partial charge in [-0.25, -0.2) is 4.39 Å². The molecule has 0 aliphatic heterocycles. The lowest BCUT2D eigenvalue weighted by Crippen LogP contribution is -2.32. The number of hydrogen-bond donors (Lipinski definition) is 1. The first-order chi connectivity index (χ1) is 9.97. The fourth-order valence-corrected chi connectivity index (χ4v) is 2.31. The van der Waals surface area contributed by atoms with Crippen LogP contribution in [-0.4, -0.2) is 23.7 Å². The summed E-state index contributed by atoms with van der Waals surface area (Å²) in [5.74, 6) is -0.636. The van der Waals surface area contributed by atoms with E-state index in [4.69, 9.17) is 0 Å². The molecule has 1 aromatic carbocycles. The Labute approximate surface area is 123 Å². The molecule has 0 heterocycles. The maximum absolute atomic E-state index is 12.1. The molecule has 0 saturated heterocycles. The number of halogens is 1. The Hall–Kier alpha value is -1.91. The molecule has 1 aromatic rings. The van der Waals surface area contributed by atoms with Crippen LogP contribution in [0, 0.1) is 5.41 Å². The maximum atomic E-state index is 12.1. The van der Waals surface area contributed by atoms with Crippen LogP contribution in [0.15, 0.2) is 24.3 Å². The topological polar surface area (TPSA) is 63.6 Å². The molecular formula is C16H21FO4. The van der Waals surface area contributed by atoms with Crippen LogP contribution in [0.1, 0.15) is 38.7 Å². The van der Waals surface area contributed by atoms with Gasteiger partial charge in [0.15, 0.2) is 0 Å². The number of hydrogen-bond acceptors (Lipinski definition) is 3. The molecule has 1 rings (SSSR count). The van der Waals surface area contributed by atoms with Crippen molar-refractivity contribution < 1.29 is 23.8 Å². The summed E-state index contributed by atoms with van der Waals surface area (Å²) in [6.07, 6.45) is 1.05. The molecule has 0 aliphatic carbocycles. The van der Waals surface area contributed by atoms with Crippen LogP contribution in [0.3, 0.4) is 0 Å². The third kappa shape index (κ3) is 4.55. The summed E-state index contributed by atoms with van der Waals surface area (Å²) in [6.45, 7) is 2.67. The van der Waals surface area contributed by atoms with Crippen LogP contribution < -0.4 is 4.74 Å². The average Bonchev–Trinajstić information content (AvgIpc) is 2.47. The van der Waals surface area contributed by atoms with E-state index in [-0.39, 0.29) is 18.6 Å². The van der Waals surface area contributed by atoms with Gasteiger partial charge in [-0.3, -0.25) is 9.59 Å². The number of carboxylic acids is 1. The second-order valence-corrected chi connectivity index (χ2v) is 5.08. The van der Waals surface area contributed by atoms with Gasteiger partial charge in [-0.1, -0.05) is 26.0 Å². The lowest BCUT2D eigenvalue weighted by molar-refractivity contribution is -0.152. The van der Waals surface area contributed by atoms with Gasteiger partial charge in [0.2, 0.25) is 6.86 Å². The van der Waals surface area contributed by atoms with Gasteiger partial charge in [-0.15, -0.1) is 0 Å². The number of Topliss-reactive ketones (excluding diaryl/α,β-unsaturated/α-hetero) is 1. The molecule has 0 atom stereocenters. The Morgan fingerprint density at radius 3 is 2.19 bits per heavy atom. The van der Waals surface area contributed by atoms with Crippen molar-refractivity contribution in [3.63, 3.8) is 0 Å². The molecular weight excluding hydrogens is 275 g/mol. The van der Waals surface area contributed by atoms with Gasteiger partial charge >= 0.3 is 5.97 Å². The molecule has 1 N–H and O–H groups in total. The Balaban J connectivity index is 2.70. The minimum atomic E-state index is -0.978. The zero-order valence-electron chi connectivity index (χ0n) is 12.4. The predicted octanol–water partition coefficient (Wildman–Crippen LogP) is 3.39. The number of ketones is 1. The number of aliphatic carboxylic acids is 1.